The van der Waals surface area contributed by atoms with Crippen LogP contribution in [-0.4, -0.2) is 77.5 Å². The third-order valence-electron chi connectivity index (χ3n) is 4.31. The zero-order chi connectivity index (χ0) is 20.2. The highest BCUT2D eigenvalue weighted by atomic mass is 127. The van der Waals surface area contributed by atoms with Gasteiger partial charge in [0.1, 0.15) is 12.3 Å². The van der Waals surface area contributed by atoms with Crippen LogP contribution in [0.25, 0.3) is 0 Å². The number of nitrogens with zero attached hydrogens (tertiary/aromatic N) is 2. The molecule has 2 rings (SSSR count). The molecule has 1 heterocycles. The van der Waals surface area contributed by atoms with E-state index in [-0.39, 0.29) is 36.4 Å². The van der Waals surface area contributed by atoms with E-state index < -0.39 is 0 Å². The van der Waals surface area contributed by atoms with E-state index in [9.17, 15) is 4.79 Å². The molecule has 0 saturated carbocycles. The van der Waals surface area contributed by atoms with Gasteiger partial charge < -0.3 is 29.7 Å². The summed E-state index contributed by atoms with van der Waals surface area (Å²) in [5, 5.41) is 6.58. The van der Waals surface area contributed by atoms with Crippen LogP contribution < -0.4 is 15.4 Å². The van der Waals surface area contributed by atoms with Crippen LogP contribution in [0.5, 0.6) is 5.75 Å². The summed E-state index contributed by atoms with van der Waals surface area (Å²) in [4.78, 5) is 17.8. The fourth-order valence-corrected chi connectivity index (χ4v) is 2.61. The van der Waals surface area contributed by atoms with E-state index in [1.54, 1.807) is 21.2 Å². The molecule has 9 heteroatoms. The molecule has 0 radical (unpaired) electrons. The third-order valence-corrected chi connectivity index (χ3v) is 4.31. The number of hydrogen-bond donors (Lipinski definition) is 2. The maximum Gasteiger partial charge on any atom is 0.243 e. The van der Waals surface area contributed by atoms with E-state index in [1.807, 2.05) is 24.3 Å². The highest BCUT2D eigenvalue weighted by molar-refractivity contribution is 14.0. The number of ether oxygens (including phenoxy) is 3. The molecule has 1 aromatic carbocycles. The Labute approximate surface area is 190 Å². The molecule has 0 spiro atoms. The number of hydrogen-bond acceptors (Lipinski definition) is 5. The largest absolute Gasteiger partial charge is 0.493 e. The summed E-state index contributed by atoms with van der Waals surface area (Å²) in [5.74, 6) is 1.74. The van der Waals surface area contributed by atoms with Crippen molar-refractivity contribution in [3.63, 3.8) is 0 Å². The van der Waals surface area contributed by atoms with Crippen LogP contribution in [-0.2, 0) is 14.3 Å². The Balaban J connectivity index is 0.00000420. The van der Waals surface area contributed by atoms with Crippen molar-refractivity contribution in [2.45, 2.75) is 12.8 Å². The number of carbonyl (C=O) groups is 1. The van der Waals surface area contributed by atoms with Gasteiger partial charge in [-0.15, -0.1) is 24.0 Å². The smallest absolute Gasteiger partial charge is 0.243 e. The summed E-state index contributed by atoms with van der Waals surface area (Å²) < 4.78 is 16.2. The quantitative estimate of drug-likeness (QED) is 0.213. The van der Waals surface area contributed by atoms with E-state index in [0.717, 1.165) is 44.0 Å². The number of nitrogens with one attached hydrogen (secondary N) is 2. The molecule has 0 bridgehead atoms. The van der Waals surface area contributed by atoms with Crippen molar-refractivity contribution in [1.29, 1.82) is 0 Å². The minimum absolute atomic E-state index is 0. The lowest BCUT2D eigenvalue weighted by atomic mass is 10.1. The number of amides is 1. The molecule has 1 unspecified atom stereocenters. The molecule has 164 valence electrons. The van der Waals surface area contributed by atoms with Gasteiger partial charge in [-0.25, -0.2) is 4.99 Å². The molecule has 1 saturated heterocycles. The van der Waals surface area contributed by atoms with Gasteiger partial charge in [0.25, 0.3) is 0 Å². The lowest BCUT2D eigenvalue weighted by Gasteiger charge is -2.16. The van der Waals surface area contributed by atoms with Crippen LogP contribution in [0.15, 0.2) is 29.3 Å². The maximum absolute atomic E-state index is 11.9. The molecule has 29 heavy (non-hydrogen) atoms. The van der Waals surface area contributed by atoms with Gasteiger partial charge in [0.2, 0.25) is 5.91 Å². The molecule has 1 aromatic rings. The minimum atomic E-state index is -0.0551. The third kappa shape index (κ3) is 10.1. The molecule has 1 aliphatic rings. The number of methoxy groups -OCH3 is 1. The first kappa shape index (κ1) is 25.4. The summed E-state index contributed by atoms with van der Waals surface area (Å²) in [5.41, 5.74) is 0.843. The number of anilines is 1. The fourth-order valence-electron chi connectivity index (χ4n) is 2.61. The van der Waals surface area contributed by atoms with Crippen molar-refractivity contribution in [2.75, 3.05) is 66.0 Å². The van der Waals surface area contributed by atoms with E-state index in [4.69, 9.17) is 14.2 Å². The van der Waals surface area contributed by atoms with Crippen LogP contribution in [0.2, 0.25) is 0 Å². The van der Waals surface area contributed by atoms with Gasteiger partial charge in [-0.1, -0.05) is 6.07 Å². The monoisotopic (exact) mass is 520 g/mol. The summed E-state index contributed by atoms with van der Waals surface area (Å²) in [6, 6.07) is 7.68. The second kappa shape index (κ2) is 14.4. The highest BCUT2D eigenvalue weighted by Crippen LogP contribution is 2.18. The maximum atomic E-state index is 11.9. The Morgan fingerprint density at radius 3 is 2.86 bits per heavy atom. The van der Waals surface area contributed by atoms with Crippen molar-refractivity contribution in [3.05, 3.63) is 24.3 Å². The standard InChI is InChI=1S/C20H32N4O4.HI/c1-24(2)19(25)14-22-20(21-13-16-8-11-27-15-16)23-17-6-4-7-18(12-17)28-10-5-9-26-3;/h4,6-7,12,16H,5,8-11,13-15H2,1-3H3,(H2,21,22,23);1H. The molecular formula is C20H33IN4O4. The van der Waals surface area contributed by atoms with E-state index in [2.05, 4.69) is 15.6 Å². The van der Waals surface area contributed by atoms with Crippen molar-refractivity contribution in [2.24, 2.45) is 10.9 Å². The SMILES string of the molecule is COCCCOc1cccc(NC(=NCC(=O)N(C)C)NCC2CCOC2)c1.I. The minimum Gasteiger partial charge on any atom is -0.493 e. The number of aliphatic imine (C=N–C) groups is 1. The Morgan fingerprint density at radius 2 is 2.17 bits per heavy atom. The summed E-state index contributed by atoms with van der Waals surface area (Å²) >= 11 is 0. The van der Waals surface area contributed by atoms with E-state index in [0.29, 0.717) is 25.1 Å². The van der Waals surface area contributed by atoms with Crippen molar-refractivity contribution < 1.29 is 19.0 Å². The second-order valence-electron chi connectivity index (χ2n) is 6.91. The van der Waals surface area contributed by atoms with Crippen LogP contribution >= 0.6 is 24.0 Å². The Morgan fingerprint density at radius 1 is 1.34 bits per heavy atom. The number of guanidine groups is 1. The Bertz CT molecular complexity index is 637. The molecule has 8 nitrogen and oxygen atoms in total. The molecule has 0 aromatic heterocycles. The first-order chi connectivity index (χ1) is 13.6. The van der Waals surface area contributed by atoms with Gasteiger partial charge in [0.05, 0.1) is 13.2 Å². The normalized spacial score (nSPS) is 16.1. The van der Waals surface area contributed by atoms with E-state index >= 15 is 0 Å². The predicted octanol–water partition coefficient (Wildman–Crippen LogP) is 2.20. The van der Waals surface area contributed by atoms with Crippen LogP contribution in [0.4, 0.5) is 5.69 Å². The molecule has 1 atom stereocenters. The lowest BCUT2D eigenvalue weighted by molar-refractivity contribution is -0.127. The van der Waals surface area contributed by atoms with Gasteiger partial charge in [-0.05, 0) is 18.6 Å². The van der Waals surface area contributed by atoms with Crippen LogP contribution in [0.1, 0.15) is 12.8 Å². The number of likely N-dealkylation sites (N-methyl/N-ethyl adjacent to an activating group) is 1. The summed E-state index contributed by atoms with van der Waals surface area (Å²) in [6.45, 7) is 3.64. The van der Waals surface area contributed by atoms with E-state index in [1.165, 1.54) is 4.90 Å². The average Bonchev–Trinajstić information content (AvgIpc) is 3.21. The Kier molecular flexibility index (Phi) is 12.6. The average molecular weight is 520 g/mol. The van der Waals surface area contributed by atoms with Gasteiger partial charge in [0.15, 0.2) is 5.96 Å². The Hall–Kier alpha value is -1.59. The molecule has 1 fully saturated rings. The van der Waals surface area contributed by atoms with Gasteiger partial charge >= 0.3 is 0 Å². The zero-order valence-electron chi connectivity index (χ0n) is 17.5. The molecule has 1 amide bonds. The topological polar surface area (TPSA) is 84.4 Å². The highest BCUT2D eigenvalue weighted by Gasteiger charge is 2.16. The van der Waals surface area contributed by atoms with Gasteiger partial charge in [0, 0.05) is 65.1 Å². The van der Waals surface area contributed by atoms with Gasteiger partial charge in [-0.2, -0.15) is 0 Å². The lowest BCUT2D eigenvalue weighted by Crippen LogP contribution is -2.36. The number of halogens is 1. The zero-order valence-corrected chi connectivity index (χ0v) is 19.8. The van der Waals surface area contributed by atoms with Crippen LogP contribution in [0, 0.1) is 5.92 Å². The predicted molar refractivity (Wildman–Crippen MR) is 125 cm³/mol. The van der Waals surface area contributed by atoms with Crippen LogP contribution in [0.3, 0.4) is 0 Å². The van der Waals surface area contributed by atoms with Gasteiger partial charge in [-0.3, -0.25) is 4.79 Å². The number of carbonyl (C=O) groups excluding carboxylic acids is 1. The second-order valence-corrected chi connectivity index (χ2v) is 6.91. The first-order valence-corrected chi connectivity index (χ1v) is 9.63. The van der Waals surface area contributed by atoms with Crippen molar-refractivity contribution >= 4 is 41.5 Å². The summed E-state index contributed by atoms with van der Waals surface area (Å²) in [7, 11) is 5.12. The number of rotatable bonds is 10. The molecular weight excluding hydrogens is 487 g/mol. The number of benzene rings is 1. The first-order valence-electron chi connectivity index (χ1n) is 9.63. The van der Waals surface area contributed by atoms with Crippen molar-refractivity contribution in [3.8, 4) is 5.75 Å². The molecule has 1 aliphatic heterocycles. The summed E-state index contributed by atoms with van der Waals surface area (Å²) in [6.07, 6.45) is 1.86. The molecule has 2 N–H and O–H groups in total. The molecule has 0 aliphatic carbocycles. The van der Waals surface area contributed by atoms with Crippen molar-refractivity contribution in [1.82, 2.24) is 10.2 Å². The fraction of sp³-hybridized carbons (Fsp3) is 0.600.